The molecule has 0 saturated heterocycles. The molecule has 1 aromatic carbocycles. The molecule has 110 valence electrons. The number of carbonyl (C=O) groups excluding carboxylic acids is 1. The van der Waals surface area contributed by atoms with Gasteiger partial charge in [-0.3, -0.25) is 4.79 Å². The molecular weight excluding hydrogens is 276 g/mol. The fraction of sp³-hybridized carbons (Fsp3) is 0.533. The van der Waals surface area contributed by atoms with Crippen LogP contribution in [-0.2, 0) is 4.79 Å². The standard InChI is InChI=1S/C15H21ClN2O2/c1-10(2)14-15(19)18(8-4-3-7-17)12-9-11(16)5-6-13(12)20-14/h5-6,9-10,14H,3-4,7-8,17H2,1-2H3. The maximum absolute atomic E-state index is 12.6. The Morgan fingerprint density at radius 3 is 2.80 bits per heavy atom. The minimum Gasteiger partial charge on any atom is -0.478 e. The Labute approximate surface area is 124 Å². The number of rotatable bonds is 5. The molecule has 1 unspecified atom stereocenters. The van der Waals surface area contributed by atoms with Gasteiger partial charge in [0.05, 0.1) is 5.69 Å². The van der Waals surface area contributed by atoms with Gasteiger partial charge in [0.2, 0.25) is 0 Å². The van der Waals surface area contributed by atoms with Crippen molar-refractivity contribution in [3.05, 3.63) is 23.2 Å². The van der Waals surface area contributed by atoms with Crippen LogP contribution in [-0.4, -0.2) is 25.1 Å². The number of amides is 1. The second kappa shape index (κ2) is 6.46. The molecule has 0 radical (unpaired) electrons. The summed E-state index contributed by atoms with van der Waals surface area (Å²) < 4.78 is 5.82. The molecule has 0 bridgehead atoms. The van der Waals surface area contributed by atoms with Crippen LogP contribution < -0.4 is 15.4 Å². The molecule has 20 heavy (non-hydrogen) atoms. The van der Waals surface area contributed by atoms with Crippen molar-refractivity contribution in [1.82, 2.24) is 0 Å². The number of nitrogens with two attached hydrogens (primary N) is 1. The van der Waals surface area contributed by atoms with Crippen molar-refractivity contribution in [3.63, 3.8) is 0 Å². The Bertz CT molecular complexity index is 491. The number of unbranched alkanes of at least 4 members (excludes halogenated alkanes) is 1. The van der Waals surface area contributed by atoms with E-state index in [2.05, 4.69) is 0 Å². The molecule has 1 heterocycles. The minimum atomic E-state index is -0.429. The van der Waals surface area contributed by atoms with Gasteiger partial charge in [-0.1, -0.05) is 25.4 Å². The molecule has 1 amide bonds. The third kappa shape index (κ3) is 3.07. The topological polar surface area (TPSA) is 55.6 Å². The first-order valence-electron chi connectivity index (χ1n) is 7.02. The number of anilines is 1. The van der Waals surface area contributed by atoms with E-state index in [1.54, 1.807) is 17.0 Å². The SMILES string of the molecule is CC(C)C1Oc2ccc(Cl)cc2N(CCCCN)C1=O. The van der Waals surface area contributed by atoms with Crippen molar-refractivity contribution in [2.24, 2.45) is 11.7 Å². The van der Waals surface area contributed by atoms with Crippen LogP contribution in [0, 0.1) is 5.92 Å². The third-order valence-electron chi connectivity index (χ3n) is 3.42. The maximum Gasteiger partial charge on any atom is 0.268 e. The molecule has 4 nitrogen and oxygen atoms in total. The number of benzene rings is 1. The lowest BCUT2D eigenvalue weighted by atomic mass is 10.0. The Hall–Kier alpha value is -1.26. The van der Waals surface area contributed by atoms with Gasteiger partial charge in [-0.15, -0.1) is 0 Å². The van der Waals surface area contributed by atoms with Gasteiger partial charge in [0, 0.05) is 11.6 Å². The Kier molecular flexibility index (Phi) is 4.89. The summed E-state index contributed by atoms with van der Waals surface area (Å²) in [6.45, 7) is 5.26. The van der Waals surface area contributed by atoms with E-state index in [0.29, 0.717) is 18.1 Å². The summed E-state index contributed by atoms with van der Waals surface area (Å²) in [6, 6.07) is 5.40. The highest BCUT2D eigenvalue weighted by molar-refractivity contribution is 6.31. The number of hydrogen-bond donors (Lipinski definition) is 1. The van der Waals surface area contributed by atoms with Gasteiger partial charge in [-0.05, 0) is 43.5 Å². The number of ether oxygens (including phenoxy) is 1. The van der Waals surface area contributed by atoms with Gasteiger partial charge in [-0.2, -0.15) is 0 Å². The highest BCUT2D eigenvalue weighted by atomic mass is 35.5. The van der Waals surface area contributed by atoms with Crippen LogP contribution in [0.4, 0.5) is 5.69 Å². The summed E-state index contributed by atoms with van der Waals surface area (Å²) in [7, 11) is 0. The van der Waals surface area contributed by atoms with Crippen molar-refractivity contribution >= 4 is 23.2 Å². The van der Waals surface area contributed by atoms with E-state index in [-0.39, 0.29) is 11.8 Å². The first kappa shape index (κ1) is 15.1. The van der Waals surface area contributed by atoms with Crippen LogP contribution in [0.1, 0.15) is 26.7 Å². The summed E-state index contributed by atoms with van der Waals surface area (Å²) in [5, 5.41) is 0.604. The summed E-state index contributed by atoms with van der Waals surface area (Å²) >= 11 is 6.04. The number of halogens is 1. The molecule has 0 saturated carbocycles. The molecule has 1 aromatic rings. The molecule has 1 aliphatic heterocycles. The first-order valence-corrected chi connectivity index (χ1v) is 7.40. The zero-order chi connectivity index (χ0) is 14.7. The van der Waals surface area contributed by atoms with E-state index >= 15 is 0 Å². The predicted molar refractivity (Wildman–Crippen MR) is 81.3 cm³/mol. The highest BCUT2D eigenvalue weighted by Crippen LogP contribution is 2.37. The van der Waals surface area contributed by atoms with Crippen LogP contribution in [0.2, 0.25) is 5.02 Å². The van der Waals surface area contributed by atoms with E-state index < -0.39 is 6.10 Å². The van der Waals surface area contributed by atoms with Gasteiger partial charge in [-0.25, -0.2) is 0 Å². The van der Waals surface area contributed by atoms with E-state index in [1.165, 1.54) is 0 Å². The third-order valence-corrected chi connectivity index (χ3v) is 3.65. The molecule has 0 aliphatic carbocycles. The van der Waals surface area contributed by atoms with Gasteiger partial charge in [0.25, 0.3) is 5.91 Å². The summed E-state index contributed by atoms with van der Waals surface area (Å²) in [6.07, 6.45) is 1.34. The van der Waals surface area contributed by atoms with E-state index in [9.17, 15) is 4.79 Å². The Balaban J connectivity index is 2.30. The van der Waals surface area contributed by atoms with Gasteiger partial charge in [0.1, 0.15) is 5.75 Å². The summed E-state index contributed by atoms with van der Waals surface area (Å²) in [5.41, 5.74) is 6.28. The normalized spacial score (nSPS) is 18.1. The molecule has 0 spiro atoms. The second-order valence-corrected chi connectivity index (χ2v) is 5.82. The van der Waals surface area contributed by atoms with E-state index in [4.69, 9.17) is 22.1 Å². The average Bonchev–Trinajstić information content (AvgIpc) is 2.41. The van der Waals surface area contributed by atoms with Crippen LogP contribution in [0.3, 0.4) is 0 Å². The van der Waals surface area contributed by atoms with Crippen molar-refractivity contribution in [2.75, 3.05) is 18.0 Å². The number of fused-ring (bicyclic) bond motifs is 1. The lowest BCUT2D eigenvalue weighted by molar-refractivity contribution is -0.128. The molecule has 2 rings (SSSR count). The summed E-state index contributed by atoms with van der Waals surface area (Å²) in [5.74, 6) is 0.857. The quantitative estimate of drug-likeness (QED) is 0.850. The van der Waals surface area contributed by atoms with Crippen molar-refractivity contribution in [1.29, 1.82) is 0 Å². The van der Waals surface area contributed by atoms with Gasteiger partial charge >= 0.3 is 0 Å². The molecule has 5 heteroatoms. The molecule has 0 aromatic heterocycles. The van der Waals surface area contributed by atoms with Crippen LogP contribution in [0.5, 0.6) is 5.75 Å². The smallest absolute Gasteiger partial charge is 0.268 e. The monoisotopic (exact) mass is 296 g/mol. The Morgan fingerprint density at radius 1 is 1.40 bits per heavy atom. The number of carbonyl (C=O) groups is 1. The van der Waals surface area contributed by atoms with Gasteiger partial charge < -0.3 is 15.4 Å². The minimum absolute atomic E-state index is 0.00629. The molecule has 1 aliphatic rings. The van der Waals surface area contributed by atoms with E-state index in [0.717, 1.165) is 24.3 Å². The zero-order valence-electron chi connectivity index (χ0n) is 11.9. The van der Waals surface area contributed by atoms with Crippen molar-refractivity contribution < 1.29 is 9.53 Å². The van der Waals surface area contributed by atoms with Crippen molar-refractivity contribution in [2.45, 2.75) is 32.8 Å². The number of hydrogen-bond acceptors (Lipinski definition) is 3. The number of nitrogens with zero attached hydrogens (tertiary/aromatic N) is 1. The van der Waals surface area contributed by atoms with Crippen LogP contribution in [0.25, 0.3) is 0 Å². The lowest BCUT2D eigenvalue weighted by Gasteiger charge is -2.36. The van der Waals surface area contributed by atoms with Crippen molar-refractivity contribution in [3.8, 4) is 5.75 Å². The summed E-state index contributed by atoms with van der Waals surface area (Å²) in [4.78, 5) is 14.3. The largest absolute Gasteiger partial charge is 0.478 e. The predicted octanol–water partition coefficient (Wildman–Crippen LogP) is 2.83. The first-order chi connectivity index (χ1) is 9.54. The molecule has 1 atom stereocenters. The van der Waals surface area contributed by atoms with Crippen LogP contribution in [0.15, 0.2) is 18.2 Å². The maximum atomic E-state index is 12.6. The molecule has 2 N–H and O–H groups in total. The van der Waals surface area contributed by atoms with Gasteiger partial charge in [0.15, 0.2) is 6.10 Å². The fourth-order valence-corrected chi connectivity index (χ4v) is 2.49. The van der Waals surface area contributed by atoms with E-state index in [1.807, 2.05) is 19.9 Å². The highest BCUT2D eigenvalue weighted by Gasteiger charge is 2.35. The van der Waals surface area contributed by atoms with Crippen LogP contribution >= 0.6 is 11.6 Å². The Morgan fingerprint density at radius 2 is 2.15 bits per heavy atom. The average molecular weight is 297 g/mol. The second-order valence-electron chi connectivity index (χ2n) is 5.38. The molecular formula is C15H21ClN2O2. The lowest BCUT2D eigenvalue weighted by Crippen LogP contribution is -2.48. The fourth-order valence-electron chi connectivity index (χ4n) is 2.33. The zero-order valence-corrected chi connectivity index (χ0v) is 12.7. The molecule has 0 fully saturated rings.